The minimum absolute atomic E-state index is 0.0296. The molecule has 3 rings (SSSR count). The molecule has 0 bridgehead atoms. The summed E-state index contributed by atoms with van der Waals surface area (Å²) in [5.41, 5.74) is 0.259. The highest BCUT2D eigenvalue weighted by Gasteiger charge is 2.22. The van der Waals surface area contributed by atoms with Crippen LogP contribution in [0.5, 0.6) is 0 Å². The van der Waals surface area contributed by atoms with E-state index in [1.54, 1.807) is 35.5 Å². The number of nitrogens with zero attached hydrogens (tertiary/aromatic N) is 5. The fourth-order valence-corrected chi connectivity index (χ4v) is 3.49. The Bertz CT molecular complexity index is 934. The van der Waals surface area contributed by atoms with Crippen molar-refractivity contribution in [1.29, 1.82) is 5.26 Å². The van der Waals surface area contributed by atoms with Crippen molar-refractivity contribution in [2.75, 3.05) is 13.1 Å². The van der Waals surface area contributed by atoms with E-state index in [9.17, 15) is 20.2 Å². The Balaban J connectivity index is 1.90. The quantitative estimate of drug-likeness (QED) is 0.257. The molecular weight excluding hydrogens is 366 g/mol. The van der Waals surface area contributed by atoms with Crippen molar-refractivity contribution in [1.82, 2.24) is 14.9 Å². The van der Waals surface area contributed by atoms with Gasteiger partial charge in [0.1, 0.15) is 11.6 Å². The topological polar surface area (TPSA) is 113 Å². The van der Waals surface area contributed by atoms with Crippen LogP contribution >= 0.6 is 11.8 Å². The number of rotatable bonds is 5. The third kappa shape index (κ3) is 4.48. The van der Waals surface area contributed by atoms with Gasteiger partial charge in [0.05, 0.1) is 9.82 Å². The molecule has 1 aromatic heterocycles. The summed E-state index contributed by atoms with van der Waals surface area (Å²) < 4.78 is 0. The molecule has 1 amide bonds. The number of hydrogen-bond acceptors (Lipinski definition) is 7. The lowest BCUT2D eigenvalue weighted by Gasteiger charge is -2.14. The third-order valence-electron chi connectivity index (χ3n) is 3.98. The number of hydrogen-bond donors (Lipinski definition) is 0. The highest BCUT2D eigenvalue weighted by atomic mass is 32.2. The average Bonchev–Trinajstić information content (AvgIpc) is 3.22. The third-order valence-corrected chi connectivity index (χ3v) is 4.94. The van der Waals surface area contributed by atoms with Crippen molar-refractivity contribution in [3.8, 4) is 6.07 Å². The maximum atomic E-state index is 12.4. The van der Waals surface area contributed by atoms with Gasteiger partial charge in [0.2, 0.25) is 0 Å². The van der Waals surface area contributed by atoms with Crippen molar-refractivity contribution in [3.05, 3.63) is 57.9 Å². The molecular formula is C18H15N5O3S. The lowest BCUT2D eigenvalue weighted by Crippen LogP contribution is -2.28. The van der Waals surface area contributed by atoms with Crippen LogP contribution in [-0.2, 0) is 4.79 Å². The van der Waals surface area contributed by atoms with E-state index in [1.165, 1.54) is 12.1 Å². The predicted octanol–water partition coefficient (Wildman–Crippen LogP) is 3.07. The Morgan fingerprint density at radius 2 is 2.00 bits per heavy atom. The Labute approximate surface area is 159 Å². The van der Waals surface area contributed by atoms with Gasteiger partial charge in [0.25, 0.3) is 11.6 Å². The van der Waals surface area contributed by atoms with E-state index in [4.69, 9.17) is 0 Å². The molecule has 2 heterocycles. The Hall–Kier alpha value is -3.25. The summed E-state index contributed by atoms with van der Waals surface area (Å²) in [5, 5.41) is 21.2. The van der Waals surface area contributed by atoms with E-state index in [2.05, 4.69) is 9.97 Å². The van der Waals surface area contributed by atoms with Crippen LogP contribution < -0.4 is 0 Å². The van der Waals surface area contributed by atoms with Gasteiger partial charge in [-0.25, -0.2) is 9.97 Å². The normalized spacial score (nSPS) is 14.0. The molecule has 136 valence electrons. The van der Waals surface area contributed by atoms with E-state index in [0.717, 1.165) is 24.6 Å². The molecule has 1 saturated heterocycles. The summed E-state index contributed by atoms with van der Waals surface area (Å²) in [6, 6.07) is 8.11. The van der Waals surface area contributed by atoms with Crippen molar-refractivity contribution in [2.45, 2.75) is 22.9 Å². The zero-order chi connectivity index (χ0) is 19.2. The van der Waals surface area contributed by atoms with Crippen LogP contribution in [0.1, 0.15) is 18.4 Å². The number of aromatic nitrogens is 2. The molecule has 0 spiro atoms. The molecule has 0 saturated carbocycles. The highest BCUT2D eigenvalue weighted by molar-refractivity contribution is 7.99. The molecule has 0 unspecified atom stereocenters. The van der Waals surface area contributed by atoms with E-state index >= 15 is 0 Å². The fraction of sp³-hybridized carbons (Fsp3) is 0.222. The van der Waals surface area contributed by atoms with Gasteiger partial charge in [0, 0.05) is 31.5 Å². The smallest absolute Gasteiger partial charge is 0.283 e. The minimum Gasteiger partial charge on any atom is -0.338 e. The lowest BCUT2D eigenvalue weighted by molar-refractivity contribution is -0.387. The van der Waals surface area contributed by atoms with Crippen molar-refractivity contribution < 1.29 is 9.72 Å². The van der Waals surface area contributed by atoms with Gasteiger partial charge in [0.15, 0.2) is 5.16 Å². The van der Waals surface area contributed by atoms with E-state index in [0.29, 0.717) is 28.7 Å². The summed E-state index contributed by atoms with van der Waals surface area (Å²) in [6.45, 7) is 1.26. The molecule has 8 nitrogen and oxygen atoms in total. The average molecular weight is 381 g/mol. The zero-order valence-electron chi connectivity index (χ0n) is 14.2. The maximum Gasteiger partial charge on any atom is 0.283 e. The fourth-order valence-electron chi connectivity index (χ4n) is 2.69. The summed E-state index contributed by atoms with van der Waals surface area (Å²) in [7, 11) is 0. The van der Waals surface area contributed by atoms with Crippen LogP contribution in [-0.4, -0.2) is 38.8 Å². The maximum absolute atomic E-state index is 12.4. The van der Waals surface area contributed by atoms with Gasteiger partial charge < -0.3 is 4.90 Å². The predicted molar refractivity (Wildman–Crippen MR) is 98.7 cm³/mol. The number of carbonyl (C=O) groups excluding carboxylic acids is 1. The van der Waals surface area contributed by atoms with Gasteiger partial charge in [-0.15, -0.1) is 0 Å². The lowest BCUT2D eigenvalue weighted by atomic mass is 10.1. The minimum atomic E-state index is -0.503. The largest absolute Gasteiger partial charge is 0.338 e. The second kappa shape index (κ2) is 8.42. The second-order valence-electron chi connectivity index (χ2n) is 5.79. The van der Waals surface area contributed by atoms with Crippen molar-refractivity contribution >= 4 is 29.4 Å². The van der Waals surface area contributed by atoms with Gasteiger partial charge in [-0.1, -0.05) is 6.07 Å². The number of nitro groups is 1. The van der Waals surface area contributed by atoms with Gasteiger partial charge in [-0.3, -0.25) is 14.9 Å². The molecule has 0 aliphatic carbocycles. The zero-order valence-corrected chi connectivity index (χ0v) is 15.1. The molecule has 1 fully saturated rings. The first kappa shape index (κ1) is 18.5. The number of likely N-dealkylation sites (tertiary alicyclic amines) is 1. The van der Waals surface area contributed by atoms with Crippen molar-refractivity contribution in [2.24, 2.45) is 0 Å². The van der Waals surface area contributed by atoms with Gasteiger partial charge in [-0.05, 0) is 48.4 Å². The van der Waals surface area contributed by atoms with Gasteiger partial charge >= 0.3 is 0 Å². The van der Waals surface area contributed by atoms with E-state index in [1.807, 2.05) is 6.07 Å². The Kier molecular flexibility index (Phi) is 5.78. The monoisotopic (exact) mass is 381 g/mol. The van der Waals surface area contributed by atoms with Crippen LogP contribution in [0.15, 0.2) is 52.3 Å². The summed E-state index contributed by atoms with van der Waals surface area (Å²) >= 11 is 1.08. The van der Waals surface area contributed by atoms with Gasteiger partial charge in [-0.2, -0.15) is 5.26 Å². The van der Waals surface area contributed by atoms with Crippen molar-refractivity contribution in [3.63, 3.8) is 0 Å². The first-order valence-corrected chi connectivity index (χ1v) is 9.04. The van der Waals surface area contributed by atoms with Crippen LogP contribution in [0.3, 0.4) is 0 Å². The standard InChI is InChI=1S/C18H15N5O3S/c19-12-14(17(24)22-8-1-2-9-22)10-13-4-5-16(15(11-13)23(25)26)27-18-20-6-3-7-21-18/h3-7,10-11H,1-2,8-9H2. The molecule has 1 aliphatic heterocycles. The molecule has 2 aromatic rings. The highest BCUT2D eigenvalue weighted by Crippen LogP contribution is 2.34. The van der Waals surface area contributed by atoms with E-state index < -0.39 is 4.92 Å². The molecule has 1 aliphatic rings. The number of benzene rings is 1. The number of carbonyl (C=O) groups is 1. The van der Waals surface area contributed by atoms with Crippen LogP contribution in [0.25, 0.3) is 6.08 Å². The molecule has 1 aromatic carbocycles. The first-order chi connectivity index (χ1) is 13.1. The molecule has 27 heavy (non-hydrogen) atoms. The molecule has 0 N–H and O–H groups in total. The van der Waals surface area contributed by atoms with E-state index in [-0.39, 0.29) is 17.2 Å². The number of nitriles is 1. The first-order valence-electron chi connectivity index (χ1n) is 8.23. The summed E-state index contributed by atoms with van der Waals surface area (Å²) in [4.78, 5) is 33.4. The second-order valence-corrected chi connectivity index (χ2v) is 6.80. The number of amides is 1. The Morgan fingerprint density at radius 1 is 1.30 bits per heavy atom. The molecule has 9 heteroatoms. The summed E-state index contributed by atoms with van der Waals surface area (Å²) in [6.07, 6.45) is 6.34. The SMILES string of the molecule is N#CC(=Cc1ccc(Sc2ncccn2)c([N+](=O)[O-])c1)C(=O)N1CCCC1. The molecule has 0 radical (unpaired) electrons. The number of nitro benzene ring substituents is 1. The summed E-state index contributed by atoms with van der Waals surface area (Å²) in [5.74, 6) is -0.339. The van der Waals surface area contributed by atoms with Crippen LogP contribution in [0, 0.1) is 21.4 Å². The van der Waals surface area contributed by atoms with Crippen LogP contribution in [0.4, 0.5) is 5.69 Å². The Morgan fingerprint density at radius 3 is 2.63 bits per heavy atom. The van der Waals surface area contributed by atoms with Crippen LogP contribution in [0.2, 0.25) is 0 Å². The molecule has 0 atom stereocenters.